The molecule has 0 radical (unpaired) electrons. The van der Waals surface area contributed by atoms with E-state index in [0.29, 0.717) is 18.9 Å². The van der Waals surface area contributed by atoms with E-state index >= 15 is 0 Å². The SMILES string of the molecule is Cc1nc(C)n(CC(=O)N2Cc3nnc(CCc4ccccc4)n3[C@@H](C)C2)n1. The highest BCUT2D eigenvalue weighted by molar-refractivity contribution is 5.76. The Balaban J connectivity index is 1.45. The van der Waals surface area contributed by atoms with Crippen molar-refractivity contribution in [3.05, 3.63) is 59.2 Å². The van der Waals surface area contributed by atoms with Crippen LogP contribution in [-0.2, 0) is 30.7 Å². The van der Waals surface area contributed by atoms with Crippen LogP contribution >= 0.6 is 0 Å². The molecule has 8 heteroatoms. The van der Waals surface area contributed by atoms with Gasteiger partial charge in [0, 0.05) is 13.0 Å². The number of carbonyl (C=O) groups is 1. The van der Waals surface area contributed by atoms with E-state index < -0.39 is 0 Å². The monoisotopic (exact) mass is 379 g/mol. The fraction of sp³-hybridized carbons (Fsp3) is 0.450. The normalized spacial score (nSPS) is 16.2. The van der Waals surface area contributed by atoms with Crippen LogP contribution in [0.4, 0.5) is 0 Å². The number of aromatic nitrogens is 6. The van der Waals surface area contributed by atoms with Crippen molar-refractivity contribution in [3.63, 3.8) is 0 Å². The van der Waals surface area contributed by atoms with Crippen molar-refractivity contribution in [2.24, 2.45) is 0 Å². The molecule has 0 N–H and O–H groups in total. The number of amides is 1. The lowest BCUT2D eigenvalue weighted by Gasteiger charge is -2.32. The maximum absolute atomic E-state index is 12.8. The highest BCUT2D eigenvalue weighted by Crippen LogP contribution is 2.22. The summed E-state index contributed by atoms with van der Waals surface area (Å²) in [5, 5.41) is 13.1. The Hall–Kier alpha value is -3.03. The molecule has 0 aliphatic carbocycles. The van der Waals surface area contributed by atoms with Crippen molar-refractivity contribution in [2.75, 3.05) is 6.54 Å². The molecule has 8 nitrogen and oxygen atoms in total. The second-order valence-corrected chi connectivity index (χ2v) is 7.38. The van der Waals surface area contributed by atoms with Crippen LogP contribution in [0.25, 0.3) is 0 Å². The van der Waals surface area contributed by atoms with E-state index in [1.54, 1.807) is 4.68 Å². The van der Waals surface area contributed by atoms with Gasteiger partial charge in [0.25, 0.3) is 0 Å². The standard InChI is InChI=1S/C20H25N7O/c1-14-11-25(20(28)13-26-16(3)21-15(2)24-26)12-19-23-22-18(27(14)19)10-9-17-7-5-4-6-8-17/h4-8,14H,9-13H2,1-3H3/t14-/m0/s1. The van der Waals surface area contributed by atoms with Crippen molar-refractivity contribution in [1.82, 2.24) is 34.4 Å². The van der Waals surface area contributed by atoms with E-state index in [1.165, 1.54) is 5.56 Å². The number of hydrogen-bond acceptors (Lipinski definition) is 5. The maximum Gasteiger partial charge on any atom is 0.244 e. The van der Waals surface area contributed by atoms with Gasteiger partial charge in [-0.05, 0) is 32.8 Å². The Kier molecular flexibility index (Phi) is 4.93. The fourth-order valence-corrected chi connectivity index (χ4v) is 3.81. The highest BCUT2D eigenvalue weighted by Gasteiger charge is 2.29. The van der Waals surface area contributed by atoms with Crippen LogP contribution in [0, 0.1) is 13.8 Å². The molecule has 0 saturated carbocycles. The van der Waals surface area contributed by atoms with E-state index in [-0.39, 0.29) is 18.5 Å². The molecule has 4 rings (SSSR count). The van der Waals surface area contributed by atoms with Gasteiger partial charge in [0.15, 0.2) is 5.82 Å². The van der Waals surface area contributed by atoms with Crippen molar-refractivity contribution in [2.45, 2.75) is 52.7 Å². The zero-order valence-electron chi connectivity index (χ0n) is 16.5. The molecule has 1 atom stereocenters. The van der Waals surface area contributed by atoms with Crippen LogP contribution in [0.2, 0.25) is 0 Å². The molecular weight excluding hydrogens is 354 g/mol. The van der Waals surface area contributed by atoms with Crippen LogP contribution in [0.3, 0.4) is 0 Å². The molecule has 0 saturated heterocycles. The van der Waals surface area contributed by atoms with Gasteiger partial charge in [0.1, 0.15) is 24.0 Å². The molecule has 0 fully saturated rings. The largest absolute Gasteiger partial charge is 0.331 e. The van der Waals surface area contributed by atoms with Crippen molar-refractivity contribution in [3.8, 4) is 0 Å². The lowest BCUT2D eigenvalue weighted by atomic mass is 10.1. The number of benzene rings is 1. The smallest absolute Gasteiger partial charge is 0.244 e. The van der Waals surface area contributed by atoms with Crippen LogP contribution in [-0.4, -0.2) is 46.9 Å². The topological polar surface area (TPSA) is 81.7 Å². The first-order valence-electron chi connectivity index (χ1n) is 9.63. The third-order valence-corrected chi connectivity index (χ3v) is 5.18. The Morgan fingerprint density at radius 1 is 1.14 bits per heavy atom. The molecule has 146 valence electrons. The molecule has 0 spiro atoms. The lowest BCUT2D eigenvalue weighted by molar-refractivity contribution is -0.134. The number of aryl methyl sites for hydroxylation is 4. The number of nitrogens with zero attached hydrogens (tertiary/aromatic N) is 7. The summed E-state index contributed by atoms with van der Waals surface area (Å²) in [6, 6.07) is 10.5. The Morgan fingerprint density at radius 3 is 2.64 bits per heavy atom. The van der Waals surface area contributed by atoms with Crippen LogP contribution in [0.1, 0.15) is 41.8 Å². The zero-order valence-corrected chi connectivity index (χ0v) is 16.5. The first-order chi connectivity index (χ1) is 13.5. The predicted octanol–water partition coefficient (Wildman–Crippen LogP) is 1.88. The van der Waals surface area contributed by atoms with E-state index in [0.717, 1.165) is 30.3 Å². The molecular formula is C20H25N7O. The Bertz CT molecular complexity index is 976. The van der Waals surface area contributed by atoms with Gasteiger partial charge >= 0.3 is 0 Å². The summed E-state index contributed by atoms with van der Waals surface area (Å²) in [5.41, 5.74) is 1.29. The van der Waals surface area contributed by atoms with Gasteiger partial charge in [-0.1, -0.05) is 30.3 Å². The second-order valence-electron chi connectivity index (χ2n) is 7.38. The first kappa shape index (κ1) is 18.3. The molecule has 2 aromatic heterocycles. The second kappa shape index (κ2) is 7.53. The summed E-state index contributed by atoms with van der Waals surface area (Å²) >= 11 is 0. The number of fused-ring (bicyclic) bond motifs is 1. The maximum atomic E-state index is 12.8. The van der Waals surface area contributed by atoms with Gasteiger partial charge in [0.2, 0.25) is 5.91 Å². The summed E-state index contributed by atoms with van der Waals surface area (Å²) < 4.78 is 3.85. The Morgan fingerprint density at radius 2 is 1.93 bits per heavy atom. The summed E-state index contributed by atoms with van der Waals surface area (Å²) in [7, 11) is 0. The average molecular weight is 379 g/mol. The van der Waals surface area contributed by atoms with Gasteiger partial charge in [-0.3, -0.25) is 4.79 Å². The minimum absolute atomic E-state index is 0.0277. The van der Waals surface area contributed by atoms with E-state index in [2.05, 4.69) is 56.0 Å². The van der Waals surface area contributed by atoms with Crippen molar-refractivity contribution in [1.29, 1.82) is 0 Å². The number of rotatable bonds is 5. The summed E-state index contributed by atoms with van der Waals surface area (Å²) in [6.07, 6.45) is 1.77. The first-order valence-corrected chi connectivity index (χ1v) is 9.63. The van der Waals surface area contributed by atoms with Crippen LogP contribution in [0.5, 0.6) is 0 Å². The van der Waals surface area contributed by atoms with Gasteiger partial charge in [0.05, 0.1) is 12.6 Å². The predicted molar refractivity (Wildman–Crippen MR) is 103 cm³/mol. The molecule has 0 bridgehead atoms. The summed E-state index contributed by atoms with van der Waals surface area (Å²) in [5.74, 6) is 3.30. The van der Waals surface area contributed by atoms with Gasteiger partial charge in [-0.25, -0.2) is 9.67 Å². The molecule has 3 aromatic rings. The Labute approximate surface area is 164 Å². The summed E-state index contributed by atoms with van der Waals surface area (Å²) in [6.45, 7) is 7.14. The molecule has 1 amide bonds. The highest BCUT2D eigenvalue weighted by atomic mass is 16.2. The third kappa shape index (κ3) is 3.67. The van der Waals surface area contributed by atoms with Crippen LogP contribution < -0.4 is 0 Å². The van der Waals surface area contributed by atoms with E-state index in [4.69, 9.17) is 0 Å². The van der Waals surface area contributed by atoms with E-state index in [1.807, 2.05) is 24.8 Å². The third-order valence-electron chi connectivity index (χ3n) is 5.18. The molecule has 1 aliphatic heterocycles. The molecule has 0 unspecified atom stereocenters. The van der Waals surface area contributed by atoms with Gasteiger partial charge in [-0.15, -0.1) is 10.2 Å². The number of hydrogen-bond donors (Lipinski definition) is 0. The molecule has 1 aliphatic rings. The van der Waals surface area contributed by atoms with Crippen LogP contribution in [0.15, 0.2) is 30.3 Å². The quantitative estimate of drug-likeness (QED) is 0.676. The number of carbonyl (C=O) groups excluding carboxylic acids is 1. The van der Waals surface area contributed by atoms with Crippen molar-refractivity contribution >= 4 is 5.91 Å². The van der Waals surface area contributed by atoms with E-state index in [9.17, 15) is 4.79 Å². The molecule has 3 heterocycles. The fourth-order valence-electron chi connectivity index (χ4n) is 3.81. The molecule has 1 aromatic carbocycles. The zero-order chi connectivity index (χ0) is 19.7. The minimum Gasteiger partial charge on any atom is -0.331 e. The molecule has 28 heavy (non-hydrogen) atoms. The minimum atomic E-state index is 0.0277. The average Bonchev–Trinajstić information content (AvgIpc) is 3.23. The summed E-state index contributed by atoms with van der Waals surface area (Å²) in [4.78, 5) is 18.9. The van der Waals surface area contributed by atoms with Gasteiger partial charge in [-0.2, -0.15) is 5.10 Å². The van der Waals surface area contributed by atoms with Crippen molar-refractivity contribution < 1.29 is 4.79 Å². The lowest BCUT2D eigenvalue weighted by Crippen LogP contribution is -2.42. The van der Waals surface area contributed by atoms with Gasteiger partial charge < -0.3 is 9.47 Å².